The molecule has 1 fully saturated rings. The first kappa shape index (κ1) is 54.3. The van der Waals surface area contributed by atoms with Gasteiger partial charge in [0.2, 0.25) is 0 Å². The number of hydrogen-bond donors (Lipinski definition) is 6. The largest absolute Gasteiger partial charge is 0.497 e. The molecule has 16 heteroatoms. The Bertz CT molecular complexity index is 2770. The number of pyridine rings is 1. The number of methoxy groups -OCH3 is 3. The number of piperazine rings is 1. The van der Waals surface area contributed by atoms with E-state index in [0.717, 1.165) is 82.4 Å². The van der Waals surface area contributed by atoms with Crippen molar-refractivity contribution in [2.75, 3.05) is 76.3 Å². The van der Waals surface area contributed by atoms with Crippen LogP contribution >= 0.6 is 12.4 Å². The molecule has 1 saturated heterocycles. The van der Waals surface area contributed by atoms with E-state index in [-0.39, 0.29) is 30.3 Å². The molecule has 0 aliphatic carbocycles. The standard InChI is InChI=1S/C30H35N3O4.C26H33N5O3.ClH/c1-30(2,3)21-5-7-22(8-6-21)33-23-9-11-24(12-10-23)37-27-13-14-32-26-20-29(28(35-4)19-25(26)27)36-18-16-31-15-17-34;1-17-15-31(16-18(2)27-17)22-9-6-20(7-10-22)26(32)28-25-13-21(29-30-25)8-5-19-11-23(33-3)14-24(12-19)34-4;/h5-14,19-20,31,33-34H,15-18H2,1-4H3;6-7,9-14,17-18,27H,5,8,15-16H2,1-4H3,(H2,28,29,30,32);1H/t;17-,18+;. The van der Waals surface area contributed by atoms with Crippen molar-refractivity contribution in [2.45, 2.75) is 65.0 Å². The van der Waals surface area contributed by atoms with Crippen molar-refractivity contribution < 1.29 is 33.6 Å². The second-order valence-corrected chi connectivity index (χ2v) is 18.6. The molecule has 0 saturated carbocycles. The number of halogens is 1. The highest BCUT2D eigenvalue weighted by molar-refractivity contribution is 6.04. The lowest BCUT2D eigenvalue weighted by atomic mass is 9.87. The summed E-state index contributed by atoms with van der Waals surface area (Å²) in [6.45, 7) is 14.6. The van der Waals surface area contributed by atoms with Crippen LogP contribution in [0, 0.1) is 0 Å². The number of anilines is 4. The Balaban J connectivity index is 0.000000233. The van der Waals surface area contributed by atoms with Crippen molar-refractivity contribution in [3.8, 4) is 34.5 Å². The lowest BCUT2D eigenvalue weighted by Gasteiger charge is -2.37. The van der Waals surface area contributed by atoms with Crippen LogP contribution in [0.1, 0.15) is 61.8 Å². The second-order valence-electron chi connectivity index (χ2n) is 18.6. The third-order valence-corrected chi connectivity index (χ3v) is 12.0. The SMILES string of the molecule is COc1cc(CCc2cc(NC(=O)c3ccc(N4C[C@@H](C)N[C@@H](C)C4)cc3)n[nH]2)cc(OC)c1.COc1cc2c(Oc3ccc(Nc4ccc(C(C)(C)C)cc4)cc3)ccnc2cc1OCCNCCO.Cl. The molecule has 0 bridgehead atoms. The summed E-state index contributed by atoms with van der Waals surface area (Å²) in [6.07, 6.45) is 3.25. The summed E-state index contributed by atoms with van der Waals surface area (Å²) in [5, 5.41) is 29.9. The van der Waals surface area contributed by atoms with Crippen molar-refractivity contribution >= 4 is 52.1 Å². The van der Waals surface area contributed by atoms with Crippen LogP contribution in [-0.2, 0) is 18.3 Å². The topological polar surface area (TPSA) is 176 Å². The van der Waals surface area contributed by atoms with E-state index in [1.54, 1.807) is 27.5 Å². The van der Waals surface area contributed by atoms with Gasteiger partial charge in [-0.05, 0) is 128 Å². The molecular weight excluding hydrogens is 932 g/mol. The summed E-state index contributed by atoms with van der Waals surface area (Å²) in [4.78, 5) is 19.6. The maximum atomic E-state index is 12.7. The van der Waals surface area contributed by atoms with E-state index in [0.29, 0.717) is 60.4 Å². The van der Waals surface area contributed by atoms with E-state index in [4.69, 9.17) is 28.8 Å². The molecular formula is C56H69ClN8O7. The van der Waals surface area contributed by atoms with E-state index >= 15 is 0 Å². The number of nitrogens with one attached hydrogen (secondary N) is 5. The number of benzene rings is 5. The molecule has 0 unspecified atom stereocenters. The normalized spacial score (nSPS) is 14.3. The number of aromatic amines is 1. The average molecular weight is 1000 g/mol. The molecule has 1 aliphatic heterocycles. The van der Waals surface area contributed by atoms with E-state index < -0.39 is 0 Å². The molecule has 2 aromatic heterocycles. The van der Waals surface area contributed by atoms with Gasteiger partial charge in [0.1, 0.15) is 29.6 Å². The predicted molar refractivity (Wildman–Crippen MR) is 290 cm³/mol. The number of rotatable bonds is 19. The third kappa shape index (κ3) is 15.2. The Kier molecular flexibility index (Phi) is 19.5. The van der Waals surface area contributed by atoms with Crippen LogP contribution in [-0.4, -0.2) is 99.0 Å². The number of fused-ring (bicyclic) bond motifs is 1. The summed E-state index contributed by atoms with van der Waals surface area (Å²) >= 11 is 0. The highest BCUT2D eigenvalue weighted by Crippen LogP contribution is 2.37. The van der Waals surface area contributed by atoms with E-state index in [2.05, 4.69) is 100 Å². The van der Waals surface area contributed by atoms with Gasteiger partial charge in [0.15, 0.2) is 17.3 Å². The Labute approximate surface area is 429 Å². The zero-order valence-corrected chi connectivity index (χ0v) is 43.3. The Morgan fingerprint density at radius 3 is 2.04 bits per heavy atom. The van der Waals surface area contributed by atoms with Gasteiger partial charge in [0.05, 0.1) is 33.5 Å². The minimum atomic E-state index is -0.177. The van der Waals surface area contributed by atoms with Gasteiger partial charge in [-0.3, -0.25) is 14.9 Å². The van der Waals surface area contributed by atoms with E-state index in [1.807, 2.05) is 91.0 Å². The number of H-pyrrole nitrogens is 1. The third-order valence-electron chi connectivity index (χ3n) is 12.0. The molecule has 8 rings (SSSR count). The fourth-order valence-corrected chi connectivity index (χ4v) is 8.27. The van der Waals surface area contributed by atoms with Crippen LogP contribution < -0.4 is 49.9 Å². The van der Waals surface area contributed by atoms with Gasteiger partial charge < -0.3 is 55.0 Å². The van der Waals surface area contributed by atoms with Gasteiger partial charge in [-0.25, -0.2) is 0 Å². The lowest BCUT2D eigenvalue weighted by molar-refractivity contribution is 0.102. The van der Waals surface area contributed by atoms with E-state index in [1.165, 1.54) is 5.56 Å². The first-order valence-corrected chi connectivity index (χ1v) is 24.1. The Morgan fingerprint density at radius 1 is 0.750 bits per heavy atom. The number of hydrogen-bond acceptors (Lipinski definition) is 13. The summed E-state index contributed by atoms with van der Waals surface area (Å²) in [5.74, 6) is 4.47. The fourth-order valence-electron chi connectivity index (χ4n) is 8.27. The minimum Gasteiger partial charge on any atom is -0.497 e. The smallest absolute Gasteiger partial charge is 0.256 e. The van der Waals surface area contributed by atoms with Gasteiger partial charge in [-0.15, -0.1) is 12.4 Å². The number of aromatic nitrogens is 3. The first-order valence-electron chi connectivity index (χ1n) is 24.1. The van der Waals surface area contributed by atoms with Crippen molar-refractivity contribution in [1.82, 2.24) is 25.8 Å². The van der Waals surface area contributed by atoms with Crippen LogP contribution in [0.15, 0.2) is 121 Å². The molecule has 72 heavy (non-hydrogen) atoms. The fraction of sp³-hybridized carbons (Fsp3) is 0.339. The van der Waals surface area contributed by atoms with Crippen LogP contribution in [0.5, 0.6) is 34.5 Å². The van der Waals surface area contributed by atoms with E-state index in [9.17, 15) is 4.79 Å². The summed E-state index contributed by atoms with van der Waals surface area (Å²) in [6, 6.07) is 38.3. The van der Waals surface area contributed by atoms with Gasteiger partial charge in [-0.1, -0.05) is 32.9 Å². The number of amides is 1. The number of aliphatic hydroxyl groups excluding tert-OH is 1. The van der Waals surface area contributed by atoms with Crippen LogP contribution in [0.25, 0.3) is 10.9 Å². The predicted octanol–water partition coefficient (Wildman–Crippen LogP) is 10.1. The van der Waals surface area contributed by atoms with Crippen LogP contribution in [0.4, 0.5) is 22.9 Å². The Morgan fingerprint density at radius 2 is 1.42 bits per heavy atom. The zero-order chi connectivity index (χ0) is 50.3. The zero-order valence-electron chi connectivity index (χ0n) is 42.5. The monoisotopic (exact) mass is 1000 g/mol. The quantitative estimate of drug-likeness (QED) is 0.0423. The molecule has 1 aliphatic rings. The number of ether oxygens (including phenoxy) is 5. The number of nitrogens with zero attached hydrogens (tertiary/aromatic N) is 3. The molecule has 382 valence electrons. The van der Waals surface area contributed by atoms with Gasteiger partial charge in [-0.2, -0.15) is 5.10 Å². The maximum absolute atomic E-state index is 12.7. The van der Waals surface area contributed by atoms with Crippen molar-refractivity contribution in [3.05, 3.63) is 144 Å². The molecule has 2 atom stereocenters. The average Bonchev–Trinajstić information content (AvgIpc) is 3.82. The summed E-state index contributed by atoms with van der Waals surface area (Å²) < 4.78 is 28.3. The lowest BCUT2D eigenvalue weighted by Crippen LogP contribution is -2.54. The summed E-state index contributed by atoms with van der Waals surface area (Å²) in [5.41, 5.74) is 7.97. The molecule has 0 spiro atoms. The van der Waals surface area contributed by atoms with Gasteiger partial charge in [0.25, 0.3) is 5.91 Å². The van der Waals surface area contributed by atoms with Crippen molar-refractivity contribution in [2.24, 2.45) is 0 Å². The number of aliphatic hydroxyl groups is 1. The van der Waals surface area contributed by atoms with Crippen LogP contribution in [0.3, 0.4) is 0 Å². The van der Waals surface area contributed by atoms with Gasteiger partial charge in [0, 0.05) is 96.4 Å². The summed E-state index contributed by atoms with van der Waals surface area (Å²) in [7, 11) is 4.89. The second kappa shape index (κ2) is 25.9. The first-order chi connectivity index (χ1) is 34.3. The molecule has 5 aromatic carbocycles. The van der Waals surface area contributed by atoms with Crippen molar-refractivity contribution in [1.29, 1.82) is 0 Å². The molecule has 1 amide bonds. The minimum absolute atomic E-state index is 0. The molecule has 6 N–H and O–H groups in total. The Hall–Kier alpha value is -7.04. The highest BCUT2D eigenvalue weighted by atomic mass is 35.5. The number of aryl methyl sites for hydroxylation is 2. The van der Waals surface area contributed by atoms with Crippen LogP contribution in [0.2, 0.25) is 0 Å². The highest BCUT2D eigenvalue weighted by Gasteiger charge is 2.22. The van der Waals surface area contributed by atoms with Crippen molar-refractivity contribution in [3.63, 3.8) is 0 Å². The number of carbonyl (C=O) groups excluding carboxylic acids is 1. The molecule has 7 aromatic rings. The maximum Gasteiger partial charge on any atom is 0.256 e. The number of carbonyl (C=O) groups is 1. The van der Waals surface area contributed by atoms with Gasteiger partial charge >= 0.3 is 0 Å². The molecule has 3 heterocycles. The molecule has 15 nitrogen and oxygen atoms in total. The molecule has 0 radical (unpaired) electrons.